The zero-order valence-corrected chi connectivity index (χ0v) is 9.70. The molecule has 8 heteroatoms. The molecule has 2 N–H and O–H groups in total. The first-order valence-electron chi connectivity index (χ1n) is 4.34. The van der Waals surface area contributed by atoms with Gasteiger partial charge in [-0.15, -0.1) is 10.2 Å². The number of benzene rings is 1. The number of halogens is 4. The first-order chi connectivity index (χ1) is 7.88. The van der Waals surface area contributed by atoms with Crippen LogP contribution in [0.1, 0.15) is 5.56 Å². The van der Waals surface area contributed by atoms with Crippen LogP contribution in [-0.2, 0) is 6.18 Å². The van der Waals surface area contributed by atoms with Gasteiger partial charge >= 0.3 is 6.18 Å². The summed E-state index contributed by atoms with van der Waals surface area (Å²) < 4.78 is 38.4. The summed E-state index contributed by atoms with van der Waals surface area (Å²) in [6.07, 6.45) is -4.50. The van der Waals surface area contributed by atoms with Gasteiger partial charge in [0.05, 0.1) is 5.56 Å². The summed E-state index contributed by atoms with van der Waals surface area (Å²) in [5.41, 5.74) is 4.42. The Morgan fingerprint density at radius 1 is 1.24 bits per heavy atom. The summed E-state index contributed by atoms with van der Waals surface area (Å²) in [5, 5.41) is 7.32. The van der Waals surface area contributed by atoms with Crippen molar-refractivity contribution >= 4 is 28.1 Å². The van der Waals surface area contributed by atoms with Gasteiger partial charge < -0.3 is 5.73 Å². The molecule has 0 radical (unpaired) electrons. The van der Waals surface area contributed by atoms with E-state index in [0.717, 1.165) is 17.4 Å². The van der Waals surface area contributed by atoms with Crippen molar-refractivity contribution in [2.45, 2.75) is 6.18 Å². The Morgan fingerprint density at radius 3 is 2.47 bits per heavy atom. The van der Waals surface area contributed by atoms with Crippen LogP contribution >= 0.6 is 22.9 Å². The van der Waals surface area contributed by atoms with Crippen LogP contribution in [0.3, 0.4) is 0 Å². The quantitative estimate of drug-likeness (QED) is 0.870. The van der Waals surface area contributed by atoms with E-state index in [1.165, 1.54) is 12.1 Å². The molecule has 1 aromatic heterocycles. The maximum absolute atomic E-state index is 12.8. The standard InChI is InChI=1S/C9H5ClF3N3S/c10-4-1-2-5(6(3-4)9(11,12)13)7-15-16-8(14)17-7/h1-3H,(H2,14,16). The Kier molecular flexibility index (Phi) is 2.96. The number of nitrogens with zero attached hydrogens (tertiary/aromatic N) is 2. The molecule has 0 atom stereocenters. The number of nitrogens with two attached hydrogens (primary N) is 1. The molecule has 0 saturated heterocycles. The Hall–Kier alpha value is -1.34. The summed E-state index contributed by atoms with van der Waals surface area (Å²) in [4.78, 5) is 0. The highest BCUT2D eigenvalue weighted by Crippen LogP contribution is 2.39. The number of hydrogen-bond donors (Lipinski definition) is 1. The Morgan fingerprint density at radius 2 is 1.94 bits per heavy atom. The molecular weight excluding hydrogens is 275 g/mol. The second-order valence-corrected chi connectivity index (χ2v) is 4.58. The number of rotatable bonds is 1. The van der Waals surface area contributed by atoms with E-state index in [4.69, 9.17) is 17.3 Å². The maximum Gasteiger partial charge on any atom is 0.417 e. The summed E-state index contributed by atoms with van der Waals surface area (Å²) in [6, 6.07) is 3.48. The summed E-state index contributed by atoms with van der Waals surface area (Å²) in [6.45, 7) is 0. The van der Waals surface area contributed by atoms with Crippen molar-refractivity contribution in [2.24, 2.45) is 0 Å². The molecule has 2 rings (SSSR count). The predicted octanol–water partition coefficient (Wildman–Crippen LogP) is 3.46. The van der Waals surface area contributed by atoms with Crippen LogP contribution in [0.25, 0.3) is 10.6 Å². The molecule has 0 fully saturated rings. The fourth-order valence-corrected chi connectivity index (χ4v) is 2.10. The van der Waals surface area contributed by atoms with Crippen LogP contribution in [0.5, 0.6) is 0 Å². The highest BCUT2D eigenvalue weighted by atomic mass is 35.5. The van der Waals surface area contributed by atoms with Crippen LogP contribution in [0, 0.1) is 0 Å². The Bertz CT molecular complexity index is 553. The van der Waals surface area contributed by atoms with E-state index in [1.54, 1.807) is 0 Å². The molecule has 0 aliphatic rings. The lowest BCUT2D eigenvalue weighted by Crippen LogP contribution is -2.07. The average molecular weight is 280 g/mol. The van der Waals surface area contributed by atoms with Gasteiger partial charge in [0.25, 0.3) is 0 Å². The second kappa shape index (κ2) is 4.15. The molecule has 0 bridgehead atoms. The summed E-state index contributed by atoms with van der Waals surface area (Å²) in [7, 11) is 0. The minimum atomic E-state index is -4.50. The lowest BCUT2D eigenvalue weighted by atomic mass is 10.1. The minimum Gasteiger partial charge on any atom is -0.374 e. The van der Waals surface area contributed by atoms with Gasteiger partial charge in [0.1, 0.15) is 5.01 Å². The molecule has 17 heavy (non-hydrogen) atoms. The van der Waals surface area contributed by atoms with Crippen molar-refractivity contribution in [1.29, 1.82) is 0 Å². The highest BCUT2D eigenvalue weighted by Gasteiger charge is 2.34. The average Bonchev–Trinajstić information content (AvgIpc) is 2.63. The van der Waals surface area contributed by atoms with E-state index < -0.39 is 11.7 Å². The van der Waals surface area contributed by atoms with Gasteiger partial charge in [0.15, 0.2) is 0 Å². The van der Waals surface area contributed by atoms with Crippen molar-refractivity contribution in [3.63, 3.8) is 0 Å². The number of anilines is 1. The van der Waals surface area contributed by atoms with Gasteiger partial charge in [0.2, 0.25) is 5.13 Å². The van der Waals surface area contributed by atoms with Crippen molar-refractivity contribution in [3.05, 3.63) is 28.8 Å². The third kappa shape index (κ3) is 2.50. The molecule has 3 nitrogen and oxygen atoms in total. The van der Waals surface area contributed by atoms with Gasteiger partial charge in [-0.05, 0) is 18.2 Å². The normalized spacial score (nSPS) is 11.8. The topological polar surface area (TPSA) is 51.8 Å². The zero-order valence-electron chi connectivity index (χ0n) is 8.12. The molecule has 90 valence electrons. The van der Waals surface area contributed by atoms with E-state index in [0.29, 0.717) is 0 Å². The molecule has 0 aliphatic heterocycles. The number of nitrogen functional groups attached to an aromatic ring is 1. The number of alkyl halides is 3. The van der Waals surface area contributed by atoms with E-state index in [9.17, 15) is 13.2 Å². The van der Waals surface area contributed by atoms with Crippen LogP contribution < -0.4 is 5.73 Å². The van der Waals surface area contributed by atoms with Crippen LogP contribution in [0.4, 0.5) is 18.3 Å². The van der Waals surface area contributed by atoms with Crippen LogP contribution in [0.15, 0.2) is 18.2 Å². The number of aromatic nitrogens is 2. The first kappa shape index (κ1) is 12.1. The van der Waals surface area contributed by atoms with Crippen molar-refractivity contribution in [1.82, 2.24) is 10.2 Å². The van der Waals surface area contributed by atoms with Crippen molar-refractivity contribution in [3.8, 4) is 10.6 Å². The van der Waals surface area contributed by atoms with Crippen molar-refractivity contribution < 1.29 is 13.2 Å². The van der Waals surface area contributed by atoms with Gasteiger partial charge in [-0.1, -0.05) is 22.9 Å². The first-order valence-corrected chi connectivity index (χ1v) is 5.53. The van der Waals surface area contributed by atoms with Crippen LogP contribution in [0.2, 0.25) is 5.02 Å². The monoisotopic (exact) mass is 279 g/mol. The van der Waals surface area contributed by atoms with E-state index >= 15 is 0 Å². The van der Waals surface area contributed by atoms with Gasteiger partial charge in [-0.3, -0.25) is 0 Å². The largest absolute Gasteiger partial charge is 0.417 e. The lowest BCUT2D eigenvalue weighted by molar-refractivity contribution is -0.137. The fraction of sp³-hybridized carbons (Fsp3) is 0.111. The Balaban J connectivity index is 2.61. The SMILES string of the molecule is Nc1nnc(-c2ccc(Cl)cc2C(F)(F)F)s1. The molecule has 0 amide bonds. The van der Waals surface area contributed by atoms with Gasteiger partial charge in [-0.2, -0.15) is 13.2 Å². The van der Waals surface area contributed by atoms with Crippen molar-refractivity contribution in [2.75, 3.05) is 5.73 Å². The van der Waals surface area contributed by atoms with Crippen LogP contribution in [-0.4, -0.2) is 10.2 Å². The molecule has 0 saturated carbocycles. The van der Waals surface area contributed by atoms with E-state index in [1.807, 2.05) is 0 Å². The molecule has 2 aromatic rings. The predicted molar refractivity (Wildman–Crippen MR) is 59.8 cm³/mol. The fourth-order valence-electron chi connectivity index (χ4n) is 1.28. The highest BCUT2D eigenvalue weighted by molar-refractivity contribution is 7.18. The van der Waals surface area contributed by atoms with Gasteiger partial charge in [0, 0.05) is 10.6 Å². The smallest absolute Gasteiger partial charge is 0.374 e. The lowest BCUT2D eigenvalue weighted by Gasteiger charge is -2.10. The third-order valence-corrected chi connectivity index (χ3v) is 2.98. The third-order valence-electron chi connectivity index (χ3n) is 1.96. The molecule has 1 heterocycles. The zero-order chi connectivity index (χ0) is 12.6. The Labute approximate surface area is 103 Å². The van der Waals surface area contributed by atoms with E-state index in [-0.39, 0.29) is 20.7 Å². The second-order valence-electron chi connectivity index (χ2n) is 3.13. The summed E-state index contributed by atoms with van der Waals surface area (Å²) >= 11 is 6.45. The molecule has 0 unspecified atom stereocenters. The molecular formula is C9H5ClF3N3S. The van der Waals surface area contributed by atoms with E-state index in [2.05, 4.69) is 10.2 Å². The number of hydrogen-bond acceptors (Lipinski definition) is 4. The molecule has 1 aromatic carbocycles. The molecule has 0 aliphatic carbocycles. The summed E-state index contributed by atoms with van der Waals surface area (Å²) in [5.74, 6) is 0. The van der Waals surface area contributed by atoms with Gasteiger partial charge in [-0.25, -0.2) is 0 Å². The molecule has 0 spiro atoms. The maximum atomic E-state index is 12.8. The minimum absolute atomic E-state index is 0.0126.